The zero-order valence-corrected chi connectivity index (χ0v) is 15.7. The first-order valence-corrected chi connectivity index (χ1v) is 9.81. The molecule has 1 heterocycles. The summed E-state index contributed by atoms with van der Waals surface area (Å²) >= 11 is 0. The number of ether oxygens (including phenoxy) is 1. The Morgan fingerprint density at radius 1 is 1.28 bits per heavy atom. The Morgan fingerprint density at radius 3 is 2.64 bits per heavy atom. The van der Waals surface area contributed by atoms with Gasteiger partial charge in [0.1, 0.15) is 11.6 Å². The number of hydrogen-bond acceptors (Lipinski definition) is 2. The minimum absolute atomic E-state index is 0.0978. The van der Waals surface area contributed by atoms with Gasteiger partial charge in [0.2, 0.25) is 0 Å². The molecule has 0 unspecified atom stereocenters. The SMILES string of the molecule is C=C(C)c1c(OC)cc2c(c1F)CC[C@@H](N1CCC3(CCC3)C1)CC2. The third kappa shape index (κ3) is 2.91. The van der Waals surface area contributed by atoms with Crippen molar-refractivity contribution in [1.29, 1.82) is 0 Å². The van der Waals surface area contributed by atoms with Gasteiger partial charge in [0, 0.05) is 12.6 Å². The van der Waals surface area contributed by atoms with Crippen molar-refractivity contribution in [1.82, 2.24) is 4.90 Å². The van der Waals surface area contributed by atoms with Gasteiger partial charge in [-0.1, -0.05) is 13.0 Å². The van der Waals surface area contributed by atoms with E-state index in [0.717, 1.165) is 42.4 Å². The number of likely N-dealkylation sites (tertiary alicyclic amines) is 1. The lowest BCUT2D eigenvalue weighted by Crippen LogP contribution is -2.38. The topological polar surface area (TPSA) is 12.5 Å². The molecule has 0 bridgehead atoms. The molecule has 0 N–H and O–H groups in total. The average Bonchev–Trinajstić information content (AvgIpc) is 2.91. The number of halogens is 1. The normalized spacial score (nSPS) is 25.3. The summed E-state index contributed by atoms with van der Waals surface area (Å²) in [6.07, 6.45) is 9.62. The Bertz CT molecular complexity index is 692. The molecular weight excluding hydrogens is 313 g/mol. The van der Waals surface area contributed by atoms with Crippen LogP contribution in [0.15, 0.2) is 12.6 Å². The predicted octanol–water partition coefficient (Wildman–Crippen LogP) is 4.99. The molecule has 3 aliphatic rings. The van der Waals surface area contributed by atoms with Gasteiger partial charge in [0.25, 0.3) is 0 Å². The van der Waals surface area contributed by atoms with Crippen LogP contribution in [0.4, 0.5) is 4.39 Å². The number of fused-ring (bicyclic) bond motifs is 1. The fourth-order valence-corrected chi connectivity index (χ4v) is 5.28. The van der Waals surface area contributed by atoms with Crippen LogP contribution < -0.4 is 4.74 Å². The van der Waals surface area contributed by atoms with Gasteiger partial charge in [-0.2, -0.15) is 0 Å². The van der Waals surface area contributed by atoms with E-state index in [2.05, 4.69) is 17.5 Å². The zero-order chi connectivity index (χ0) is 17.6. The van der Waals surface area contributed by atoms with Crippen molar-refractivity contribution in [3.63, 3.8) is 0 Å². The lowest BCUT2D eigenvalue weighted by Gasteiger charge is -2.39. The molecule has 2 aliphatic carbocycles. The van der Waals surface area contributed by atoms with Crippen LogP contribution in [0, 0.1) is 11.2 Å². The van der Waals surface area contributed by atoms with E-state index in [0.29, 0.717) is 22.8 Å². The van der Waals surface area contributed by atoms with Crippen LogP contribution in [-0.2, 0) is 12.8 Å². The highest BCUT2D eigenvalue weighted by atomic mass is 19.1. The minimum atomic E-state index is -0.0978. The van der Waals surface area contributed by atoms with Gasteiger partial charge in [-0.3, -0.25) is 4.90 Å². The van der Waals surface area contributed by atoms with E-state index in [1.54, 1.807) is 7.11 Å². The van der Waals surface area contributed by atoms with Crippen LogP contribution in [-0.4, -0.2) is 31.1 Å². The van der Waals surface area contributed by atoms with Crippen molar-refractivity contribution >= 4 is 5.57 Å². The molecular formula is C22H30FNO. The van der Waals surface area contributed by atoms with E-state index in [1.807, 2.05) is 6.92 Å². The maximum absolute atomic E-state index is 15.2. The quantitative estimate of drug-likeness (QED) is 0.717. The average molecular weight is 343 g/mol. The highest BCUT2D eigenvalue weighted by molar-refractivity contribution is 5.69. The summed E-state index contributed by atoms with van der Waals surface area (Å²) in [6.45, 7) is 8.32. The number of hydrogen-bond donors (Lipinski definition) is 0. The second-order valence-electron chi connectivity index (χ2n) is 8.49. The van der Waals surface area contributed by atoms with Gasteiger partial charge in [0.15, 0.2) is 0 Å². The molecule has 1 aromatic carbocycles. The highest BCUT2D eigenvalue weighted by Gasteiger charge is 2.44. The Labute approximate surface area is 151 Å². The van der Waals surface area contributed by atoms with Gasteiger partial charge in [-0.25, -0.2) is 4.39 Å². The Balaban J connectivity index is 1.55. The fraction of sp³-hybridized carbons (Fsp3) is 0.636. The van der Waals surface area contributed by atoms with Crippen LogP contribution in [0.2, 0.25) is 0 Å². The Hall–Kier alpha value is -1.35. The molecule has 0 aromatic heterocycles. The summed E-state index contributed by atoms with van der Waals surface area (Å²) in [4.78, 5) is 2.71. The number of rotatable bonds is 3. The minimum Gasteiger partial charge on any atom is -0.496 e. The largest absolute Gasteiger partial charge is 0.496 e. The smallest absolute Gasteiger partial charge is 0.137 e. The van der Waals surface area contributed by atoms with E-state index in [9.17, 15) is 0 Å². The molecule has 1 aliphatic heterocycles. The van der Waals surface area contributed by atoms with E-state index in [4.69, 9.17) is 4.74 Å². The van der Waals surface area contributed by atoms with Crippen molar-refractivity contribution in [3.8, 4) is 5.75 Å². The van der Waals surface area contributed by atoms with Gasteiger partial charge < -0.3 is 4.74 Å². The molecule has 1 saturated carbocycles. The third-order valence-corrected chi connectivity index (χ3v) is 6.94. The molecule has 4 rings (SSSR count). The van der Waals surface area contributed by atoms with Crippen molar-refractivity contribution in [2.24, 2.45) is 5.41 Å². The summed E-state index contributed by atoms with van der Waals surface area (Å²) in [5.74, 6) is 0.538. The van der Waals surface area contributed by atoms with E-state index >= 15 is 4.39 Å². The van der Waals surface area contributed by atoms with Crippen molar-refractivity contribution < 1.29 is 9.13 Å². The number of benzene rings is 1. The Kier molecular flexibility index (Phi) is 4.39. The molecule has 136 valence electrons. The van der Waals surface area contributed by atoms with E-state index < -0.39 is 0 Å². The second kappa shape index (κ2) is 6.42. The summed E-state index contributed by atoms with van der Waals surface area (Å²) in [5.41, 5.74) is 3.98. The third-order valence-electron chi connectivity index (χ3n) is 6.94. The van der Waals surface area contributed by atoms with Crippen LogP contribution >= 0.6 is 0 Å². The molecule has 1 aromatic rings. The van der Waals surface area contributed by atoms with E-state index in [1.165, 1.54) is 38.8 Å². The first kappa shape index (κ1) is 17.1. The van der Waals surface area contributed by atoms with Gasteiger partial charge in [0.05, 0.1) is 12.7 Å². The van der Waals surface area contributed by atoms with Gasteiger partial charge >= 0.3 is 0 Å². The maximum atomic E-state index is 15.2. The van der Waals surface area contributed by atoms with Crippen molar-refractivity contribution in [2.75, 3.05) is 20.2 Å². The number of allylic oxidation sites excluding steroid dienone is 1. The number of aryl methyl sites for hydroxylation is 1. The summed E-state index contributed by atoms with van der Waals surface area (Å²) in [5, 5.41) is 0. The molecule has 2 nitrogen and oxygen atoms in total. The lowest BCUT2D eigenvalue weighted by molar-refractivity contribution is 0.119. The van der Waals surface area contributed by atoms with Crippen LogP contribution in [0.25, 0.3) is 5.57 Å². The van der Waals surface area contributed by atoms with Gasteiger partial charge in [-0.05, 0) is 86.6 Å². The summed E-state index contributed by atoms with van der Waals surface area (Å²) < 4.78 is 20.6. The van der Waals surface area contributed by atoms with Gasteiger partial charge in [-0.15, -0.1) is 0 Å². The van der Waals surface area contributed by atoms with Crippen LogP contribution in [0.3, 0.4) is 0 Å². The van der Waals surface area contributed by atoms with Crippen LogP contribution in [0.5, 0.6) is 5.75 Å². The predicted molar refractivity (Wildman–Crippen MR) is 101 cm³/mol. The zero-order valence-electron chi connectivity index (χ0n) is 15.7. The first-order chi connectivity index (χ1) is 12.0. The molecule has 25 heavy (non-hydrogen) atoms. The molecule has 1 spiro atoms. The highest BCUT2D eigenvalue weighted by Crippen LogP contribution is 2.49. The standard InChI is InChI=1S/C22H30FNO/c1-15(2)20-19(25-3)13-16-5-6-17(7-8-18(16)21(20)23)24-12-11-22(14-24)9-4-10-22/h13,17H,1,4-12,14H2,2-3H3/t17-/m0/s1. The summed E-state index contributed by atoms with van der Waals surface area (Å²) in [6, 6.07) is 2.66. The fourth-order valence-electron chi connectivity index (χ4n) is 5.28. The molecule has 2 fully saturated rings. The Morgan fingerprint density at radius 2 is 2.04 bits per heavy atom. The maximum Gasteiger partial charge on any atom is 0.137 e. The molecule has 3 heteroatoms. The first-order valence-electron chi connectivity index (χ1n) is 9.81. The van der Waals surface area contributed by atoms with Crippen molar-refractivity contribution in [2.45, 2.75) is 64.3 Å². The molecule has 1 atom stereocenters. The van der Waals surface area contributed by atoms with Crippen molar-refractivity contribution in [3.05, 3.63) is 35.2 Å². The number of methoxy groups -OCH3 is 1. The van der Waals surface area contributed by atoms with Crippen LogP contribution in [0.1, 0.15) is 62.1 Å². The molecule has 0 radical (unpaired) electrons. The second-order valence-corrected chi connectivity index (χ2v) is 8.49. The monoisotopic (exact) mass is 343 g/mol. The molecule has 0 amide bonds. The number of nitrogens with zero attached hydrogens (tertiary/aromatic N) is 1. The lowest BCUT2D eigenvalue weighted by atomic mass is 9.68. The summed E-state index contributed by atoms with van der Waals surface area (Å²) in [7, 11) is 1.62. The molecule has 1 saturated heterocycles. The van der Waals surface area contributed by atoms with E-state index in [-0.39, 0.29) is 5.82 Å².